The SMILES string of the molecule is CC1CCN(C(=O)C(C)(C)c2ccc(Cl)cc2)CC1. The fraction of sp³-hybridized carbons (Fsp3) is 0.562. The highest BCUT2D eigenvalue weighted by atomic mass is 35.5. The molecule has 0 saturated carbocycles. The Morgan fingerprint density at radius 3 is 2.26 bits per heavy atom. The average Bonchev–Trinajstić information content (AvgIpc) is 2.39. The van der Waals surface area contributed by atoms with Gasteiger partial charge in [0.2, 0.25) is 5.91 Å². The predicted molar refractivity (Wildman–Crippen MR) is 79.5 cm³/mol. The molecule has 2 rings (SSSR count). The van der Waals surface area contributed by atoms with Gasteiger partial charge in [-0.25, -0.2) is 0 Å². The van der Waals surface area contributed by atoms with Crippen LogP contribution in [0.3, 0.4) is 0 Å². The molecule has 1 amide bonds. The van der Waals surface area contributed by atoms with Crippen molar-refractivity contribution in [3.63, 3.8) is 0 Å². The lowest BCUT2D eigenvalue weighted by atomic mass is 9.82. The number of likely N-dealkylation sites (tertiary alicyclic amines) is 1. The minimum Gasteiger partial charge on any atom is -0.342 e. The highest BCUT2D eigenvalue weighted by molar-refractivity contribution is 6.30. The van der Waals surface area contributed by atoms with Gasteiger partial charge in [0.15, 0.2) is 0 Å². The Hall–Kier alpha value is -1.02. The van der Waals surface area contributed by atoms with E-state index in [0.29, 0.717) is 5.02 Å². The van der Waals surface area contributed by atoms with Gasteiger partial charge in [-0.05, 0) is 50.3 Å². The van der Waals surface area contributed by atoms with Gasteiger partial charge in [-0.2, -0.15) is 0 Å². The summed E-state index contributed by atoms with van der Waals surface area (Å²) in [5.74, 6) is 0.962. The molecule has 0 aromatic heterocycles. The van der Waals surface area contributed by atoms with Gasteiger partial charge in [-0.3, -0.25) is 4.79 Å². The van der Waals surface area contributed by atoms with E-state index in [1.165, 1.54) is 0 Å². The van der Waals surface area contributed by atoms with E-state index in [0.717, 1.165) is 37.4 Å². The second-order valence-corrected chi connectivity index (χ2v) is 6.54. The minimum atomic E-state index is -0.481. The minimum absolute atomic E-state index is 0.224. The summed E-state index contributed by atoms with van der Waals surface area (Å²) in [7, 11) is 0. The molecule has 0 aliphatic carbocycles. The lowest BCUT2D eigenvalue weighted by Crippen LogP contribution is -2.46. The largest absolute Gasteiger partial charge is 0.342 e. The van der Waals surface area contributed by atoms with Gasteiger partial charge in [0.25, 0.3) is 0 Å². The smallest absolute Gasteiger partial charge is 0.232 e. The number of nitrogens with zero attached hydrogens (tertiary/aromatic N) is 1. The van der Waals surface area contributed by atoms with Gasteiger partial charge in [-0.1, -0.05) is 30.7 Å². The standard InChI is InChI=1S/C16H22ClNO/c1-12-8-10-18(11-9-12)15(19)16(2,3)13-4-6-14(17)7-5-13/h4-7,12H,8-11H2,1-3H3. The van der Waals surface area contributed by atoms with E-state index in [4.69, 9.17) is 11.6 Å². The summed E-state index contributed by atoms with van der Waals surface area (Å²) in [6.07, 6.45) is 2.23. The van der Waals surface area contributed by atoms with Crippen molar-refractivity contribution in [3.8, 4) is 0 Å². The first kappa shape index (κ1) is 14.4. The Bertz CT molecular complexity index is 444. The number of hydrogen-bond donors (Lipinski definition) is 0. The normalized spacial score (nSPS) is 17.6. The predicted octanol–water partition coefficient (Wildman–Crippen LogP) is 3.88. The van der Waals surface area contributed by atoms with Crippen LogP contribution >= 0.6 is 11.6 Å². The number of halogens is 1. The Labute approximate surface area is 120 Å². The van der Waals surface area contributed by atoms with Gasteiger partial charge in [0.05, 0.1) is 5.41 Å². The third kappa shape index (κ3) is 3.11. The highest BCUT2D eigenvalue weighted by Gasteiger charge is 2.34. The van der Waals surface area contributed by atoms with Crippen LogP contribution in [0.1, 0.15) is 39.2 Å². The molecule has 1 saturated heterocycles. The molecule has 0 unspecified atom stereocenters. The molecular formula is C16H22ClNO. The molecule has 0 radical (unpaired) electrons. The molecule has 104 valence electrons. The highest BCUT2D eigenvalue weighted by Crippen LogP contribution is 2.29. The van der Waals surface area contributed by atoms with Gasteiger partial charge in [0, 0.05) is 18.1 Å². The first-order valence-electron chi connectivity index (χ1n) is 6.96. The summed E-state index contributed by atoms with van der Waals surface area (Å²) in [5, 5.41) is 0.707. The van der Waals surface area contributed by atoms with Crippen LogP contribution in [0, 0.1) is 5.92 Å². The molecule has 0 atom stereocenters. The van der Waals surface area contributed by atoms with E-state index in [2.05, 4.69) is 6.92 Å². The molecule has 19 heavy (non-hydrogen) atoms. The van der Waals surface area contributed by atoms with Crippen LogP contribution in [-0.2, 0) is 10.2 Å². The Balaban J connectivity index is 2.14. The Morgan fingerprint density at radius 2 is 1.74 bits per heavy atom. The molecule has 1 aromatic rings. The lowest BCUT2D eigenvalue weighted by Gasteiger charge is -2.36. The quantitative estimate of drug-likeness (QED) is 0.805. The fourth-order valence-corrected chi connectivity index (χ4v) is 2.72. The summed E-state index contributed by atoms with van der Waals surface area (Å²) < 4.78 is 0. The van der Waals surface area contributed by atoms with E-state index in [-0.39, 0.29) is 5.91 Å². The van der Waals surface area contributed by atoms with Crippen molar-refractivity contribution in [1.82, 2.24) is 4.90 Å². The maximum absolute atomic E-state index is 12.7. The lowest BCUT2D eigenvalue weighted by molar-refractivity contribution is -0.137. The van der Waals surface area contributed by atoms with Crippen LogP contribution in [-0.4, -0.2) is 23.9 Å². The Morgan fingerprint density at radius 1 is 1.21 bits per heavy atom. The van der Waals surface area contributed by atoms with Crippen molar-refractivity contribution in [2.24, 2.45) is 5.92 Å². The van der Waals surface area contributed by atoms with E-state index >= 15 is 0 Å². The van der Waals surface area contributed by atoms with Crippen molar-refractivity contribution in [2.75, 3.05) is 13.1 Å². The fourth-order valence-electron chi connectivity index (χ4n) is 2.60. The summed E-state index contributed by atoms with van der Waals surface area (Å²) in [6.45, 7) is 8.02. The zero-order valence-corrected chi connectivity index (χ0v) is 12.7. The third-order valence-electron chi connectivity index (χ3n) is 4.17. The van der Waals surface area contributed by atoms with Crippen LogP contribution in [0.4, 0.5) is 0 Å². The van der Waals surface area contributed by atoms with Gasteiger partial charge >= 0.3 is 0 Å². The molecular weight excluding hydrogens is 258 g/mol. The summed E-state index contributed by atoms with van der Waals surface area (Å²) in [4.78, 5) is 14.7. The molecule has 1 aliphatic heterocycles. The third-order valence-corrected chi connectivity index (χ3v) is 4.42. The number of carbonyl (C=O) groups excluding carboxylic acids is 1. The molecule has 3 heteroatoms. The number of hydrogen-bond acceptors (Lipinski definition) is 1. The molecule has 1 fully saturated rings. The summed E-state index contributed by atoms with van der Waals surface area (Å²) in [6, 6.07) is 7.61. The second kappa shape index (κ2) is 5.54. The number of amides is 1. The van der Waals surface area contributed by atoms with Crippen LogP contribution in [0.2, 0.25) is 5.02 Å². The Kier molecular flexibility index (Phi) is 4.19. The number of piperidine rings is 1. The second-order valence-electron chi connectivity index (χ2n) is 6.11. The monoisotopic (exact) mass is 279 g/mol. The van der Waals surface area contributed by atoms with E-state index in [1.54, 1.807) is 0 Å². The van der Waals surface area contributed by atoms with Crippen LogP contribution in [0.5, 0.6) is 0 Å². The number of benzene rings is 1. The summed E-state index contributed by atoms with van der Waals surface area (Å²) in [5.41, 5.74) is 0.547. The number of carbonyl (C=O) groups is 1. The molecule has 1 aliphatic rings. The van der Waals surface area contributed by atoms with E-state index < -0.39 is 5.41 Å². The first-order chi connectivity index (χ1) is 8.91. The zero-order valence-electron chi connectivity index (χ0n) is 11.9. The van der Waals surface area contributed by atoms with Crippen LogP contribution < -0.4 is 0 Å². The van der Waals surface area contributed by atoms with Crippen molar-refractivity contribution >= 4 is 17.5 Å². The number of rotatable bonds is 2. The topological polar surface area (TPSA) is 20.3 Å². The van der Waals surface area contributed by atoms with Crippen LogP contribution in [0.25, 0.3) is 0 Å². The summed E-state index contributed by atoms with van der Waals surface area (Å²) >= 11 is 5.91. The molecule has 0 bridgehead atoms. The molecule has 1 aromatic carbocycles. The first-order valence-corrected chi connectivity index (χ1v) is 7.34. The molecule has 1 heterocycles. The molecule has 0 N–H and O–H groups in total. The zero-order chi connectivity index (χ0) is 14.0. The molecule has 2 nitrogen and oxygen atoms in total. The van der Waals surface area contributed by atoms with Crippen molar-refractivity contribution in [2.45, 2.75) is 39.0 Å². The van der Waals surface area contributed by atoms with E-state index in [1.807, 2.05) is 43.0 Å². The average molecular weight is 280 g/mol. The van der Waals surface area contributed by atoms with Gasteiger partial charge < -0.3 is 4.90 Å². The maximum atomic E-state index is 12.7. The van der Waals surface area contributed by atoms with Crippen molar-refractivity contribution < 1.29 is 4.79 Å². The van der Waals surface area contributed by atoms with Crippen molar-refractivity contribution in [1.29, 1.82) is 0 Å². The van der Waals surface area contributed by atoms with Gasteiger partial charge in [0.1, 0.15) is 0 Å². The van der Waals surface area contributed by atoms with Crippen molar-refractivity contribution in [3.05, 3.63) is 34.9 Å². The molecule has 0 spiro atoms. The van der Waals surface area contributed by atoms with E-state index in [9.17, 15) is 4.79 Å². The van der Waals surface area contributed by atoms with Gasteiger partial charge in [-0.15, -0.1) is 0 Å². The van der Waals surface area contributed by atoms with Crippen LogP contribution in [0.15, 0.2) is 24.3 Å². The maximum Gasteiger partial charge on any atom is 0.232 e.